The molecule has 2 aliphatic heterocycles. The molecule has 3 aliphatic rings. The van der Waals surface area contributed by atoms with E-state index in [1.165, 1.54) is 19.3 Å². The van der Waals surface area contributed by atoms with Gasteiger partial charge >= 0.3 is 6.03 Å². The Morgan fingerprint density at radius 1 is 0.862 bits per heavy atom. The summed E-state index contributed by atoms with van der Waals surface area (Å²) in [5.41, 5.74) is 0. The largest absolute Gasteiger partial charge is 0.353 e. The Labute approximate surface area is 173 Å². The van der Waals surface area contributed by atoms with Crippen molar-refractivity contribution in [2.45, 2.75) is 51.0 Å². The number of anilines is 1. The second kappa shape index (κ2) is 9.46. The zero-order valence-corrected chi connectivity index (χ0v) is 17.3. The number of rotatable bonds is 3. The highest BCUT2D eigenvalue weighted by atomic mass is 16.2. The minimum Gasteiger partial charge on any atom is -0.353 e. The second-order valence-corrected chi connectivity index (χ2v) is 8.55. The van der Waals surface area contributed by atoms with Gasteiger partial charge in [-0.15, -0.1) is 0 Å². The number of nitrogens with zero attached hydrogens (tertiary/aromatic N) is 4. The van der Waals surface area contributed by atoms with Crippen molar-refractivity contribution in [3.8, 4) is 0 Å². The molecule has 1 N–H and O–H groups in total. The monoisotopic (exact) mass is 399 g/mol. The van der Waals surface area contributed by atoms with Crippen molar-refractivity contribution in [3.63, 3.8) is 0 Å². The fourth-order valence-electron chi connectivity index (χ4n) is 4.80. The van der Waals surface area contributed by atoms with Gasteiger partial charge in [0.1, 0.15) is 5.82 Å². The van der Waals surface area contributed by atoms with Gasteiger partial charge in [-0.3, -0.25) is 4.79 Å². The SMILES string of the molecule is O=C(NC1CCCCC1)N1CCC(C(=O)N2CCN(c3ccccn3)CC2)CC1. The lowest BCUT2D eigenvalue weighted by atomic mass is 9.94. The van der Waals surface area contributed by atoms with Crippen LogP contribution in [0.5, 0.6) is 0 Å². The average Bonchev–Trinajstić information content (AvgIpc) is 2.80. The predicted octanol–water partition coefficient (Wildman–Crippen LogP) is 2.48. The molecular weight excluding hydrogens is 366 g/mol. The van der Waals surface area contributed by atoms with E-state index in [0.717, 1.165) is 57.7 Å². The summed E-state index contributed by atoms with van der Waals surface area (Å²) < 4.78 is 0. The van der Waals surface area contributed by atoms with Crippen LogP contribution in [0.2, 0.25) is 0 Å². The van der Waals surface area contributed by atoms with E-state index in [4.69, 9.17) is 0 Å². The first-order valence-electron chi connectivity index (χ1n) is 11.2. The van der Waals surface area contributed by atoms with Crippen LogP contribution in [0.1, 0.15) is 44.9 Å². The predicted molar refractivity (Wildman–Crippen MR) is 113 cm³/mol. The number of hydrogen-bond donors (Lipinski definition) is 1. The van der Waals surface area contributed by atoms with Crippen molar-refractivity contribution in [2.24, 2.45) is 5.92 Å². The average molecular weight is 400 g/mol. The molecule has 7 nitrogen and oxygen atoms in total. The Morgan fingerprint density at radius 2 is 1.59 bits per heavy atom. The maximum absolute atomic E-state index is 13.0. The maximum Gasteiger partial charge on any atom is 0.317 e. The number of piperazine rings is 1. The van der Waals surface area contributed by atoms with Crippen LogP contribution >= 0.6 is 0 Å². The fourth-order valence-corrected chi connectivity index (χ4v) is 4.80. The van der Waals surface area contributed by atoms with E-state index in [-0.39, 0.29) is 17.9 Å². The number of amides is 3. The Kier molecular flexibility index (Phi) is 6.52. The molecule has 3 heterocycles. The van der Waals surface area contributed by atoms with Crippen molar-refractivity contribution < 1.29 is 9.59 Å². The quantitative estimate of drug-likeness (QED) is 0.848. The zero-order valence-electron chi connectivity index (χ0n) is 17.3. The summed E-state index contributed by atoms with van der Waals surface area (Å²) >= 11 is 0. The van der Waals surface area contributed by atoms with Crippen molar-refractivity contribution in [3.05, 3.63) is 24.4 Å². The van der Waals surface area contributed by atoms with Gasteiger partial charge in [0.05, 0.1) is 0 Å². The summed E-state index contributed by atoms with van der Waals surface area (Å²) in [6, 6.07) is 6.34. The van der Waals surface area contributed by atoms with E-state index in [0.29, 0.717) is 19.1 Å². The molecule has 0 spiro atoms. The molecule has 158 valence electrons. The number of aromatic nitrogens is 1. The Hall–Kier alpha value is -2.31. The van der Waals surface area contributed by atoms with Gasteiger partial charge in [0.2, 0.25) is 5.91 Å². The summed E-state index contributed by atoms with van der Waals surface area (Å²) in [7, 11) is 0. The van der Waals surface area contributed by atoms with Crippen LogP contribution < -0.4 is 10.2 Å². The summed E-state index contributed by atoms with van der Waals surface area (Å²) in [5.74, 6) is 1.30. The highest BCUT2D eigenvalue weighted by Gasteiger charge is 2.32. The number of likely N-dealkylation sites (tertiary alicyclic amines) is 1. The molecule has 1 aromatic heterocycles. The van der Waals surface area contributed by atoms with Crippen LogP contribution in [-0.2, 0) is 4.79 Å². The van der Waals surface area contributed by atoms with Gasteiger partial charge in [0, 0.05) is 57.4 Å². The number of carbonyl (C=O) groups is 2. The van der Waals surface area contributed by atoms with E-state index in [2.05, 4.69) is 15.2 Å². The first kappa shape index (κ1) is 20.0. The van der Waals surface area contributed by atoms with E-state index in [9.17, 15) is 9.59 Å². The van der Waals surface area contributed by atoms with Gasteiger partial charge in [-0.2, -0.15) is 0 Å². The molecule has 3 amide bonds. The Balaban J connectivity index is 1.20. The molecular formula is C22H33N5O2. The van der Waals surface area contributed by atoms with E-state index >= 15 is 0 Å². The molecule has 2 saturated heterocycles. The van der Waals surface area contributed by atoms with Gasteiger partial charge in [-0.25, -0.2) is 9.78 Å². The van der Waals surface area contributed by atoms with Crippen molar-refractivity contribution in [1.29, 1.82) is 0 Å². The topological polar surface area (TPSA) is 68.8 Å². The fraction of sp³-hybridized carbons (Fsp3) is 0.682. The molecule has 1 aromatic rings. The third kappa shape index (κ3) is 5.00. The smallest absolute Gasteiger partial charge is 0.317 e. The second-order valence-electron chi connectivity index (χ2n) is 8.55. The lowest BCUT2D eigenvalue weighted by Gasteiger charge is -2.39. The number of carbonyl (C=O) groups excluding carboxylic acids is 2. The van der Waals surface area contributed by atoms with Gasteiger partial charge < -0.3 is 20.0 Å². The van der Waals surface area contributed by atoms with Crippen LogP contribution in [0.25, 0.3) is 0 Å². The van der Waals surface area contributed by atoms with Gasteiger partial charge in [-0.1, -0.05) is 25.3 Å². The first-order valence-corrected chi connectivity index (χ1v) is 11.2. The van der Waals surface area contributed by atoms with Crippen molar-refractivity contribution in [2.75, 3.05) is 44.2 Å². The third-order valence-corrected chi connectivity index (χ3v) is 6.63. The number of pyridine rings is 1. The van der Waals surface area contributed by atoms with Crippen LogP contribution in [0.4, 0.5) is 10.6 Å². The maximum atomic E-state index is 13.0. The molecule has 29 heavy (non-hydrogen) atoms. The molecule has 0 aromatic carbocycles. The molecule has 0 radical (unpaired) electrons. The van der Waals surface area contributed by atoms with Gasteiger partial charge in [0.15, 0.2) is 0 Å². The molecule has 1 saturated carbocycles. The van der Waals surface area contributed by atoms with Crippen LogP contribution in [0, 0.1) is 5.92 Å². The number of urea groups is 1. The molecule has 0 atom stereocenters. The first-order chi connectivity index (χ1) is 14.2. The van der Waals surface area contributed by atoms with Gasteiger partial charge in [0.25, 0.3) is 0 Å². The lowest BCUT2D eigenvalue weighted by Crippen LogP contribution is -2.53. The third-order valence-electron chi connectivity index (χ3n) is 6.63. The summed E-state index contributed by atoms with van der Waals surface area (Å²) in [5, 5.41) is 3.20. The van der Waals surface area contributed by atoms with Crippen LogP contribution in [0.15, 0.2) is 24.4 Å². The van der Waals surface area contributed by atoms with Crippen molar-refractivity contribution >= 4 is 17.8 Å². The standard InChI is InChI=1S/C22H33N5O2/c28-21(26-16-14-25(15-17-26)20-8-4-5-11-23-20)18-9-12-27(13-10-18)22(29)24-19-6-2-1-3-7-19/h4-5,8,11,18-19H,1-3,6-7,9-10,12-17H2,(H,24,29). The highest BCUT2D eigenvalue weighted by Crippen LogP contribution is 2.23. The number of nitrogens with one attached hydrogen (secondary N) is 1. The summed E-state index contributed by atoms with van der Waals surface area (Å²) in [6.45, 7) is 4.51. The normalized spacial score (nSPS) is 21.9. The molecule has 3 fully saturated rings. The molecule has 0 unspecified atom stereocenters. The molecule has 4 rings (SSSR count). The van der Waals surface area contributed by atoms with Crippen LogP contribution in [-0.4, -0.2) is 72.0 Å². The summed E-state index contributed by atoms with van der Waals surface area (Å²) in [6.07, 6.45) is 9.29. The van der Waals surface area contributed by atoms with E-state index in [1.807, 2.05) is 34.2 Å². The Morgan fingerprint density at radius 3 is 2.24 bits per heavy atom. The van der Waals surface area contributed by atoms with Crippen molar-refractivity contribution in [1.82, 2.24) is 20.1 Å². The minimum absolute atomic E-state index is 0.0510. The Bertz CT molecular complexity index is 676. The molecule has 0 bridgehead atoms. The number of piperidine rings is 1. The van der Waals surface area contributed by atoms with E-state index < -0.39 is 0 Å². The number of hydrogen-bond acceptors (Lipinski definition) is 4. The van der Waals surface area contributed by atoms with Crippen LogP contribution in [0.3, 0.4) is 0 Å². The minimum atomic E-state index is 0.0510. The van der Waals surface area contributed by atoms with Gasteiger partial charge in [-0.05, 0) is 37.8 Å². The molecule has 7 heteroatoms. The lowest BCUT2D eigenvalue weighted by molar-refractivity contribution is -0.137. The highest BCUT2D eigenvalue weighted by molar-refractivity contribution is 5.80. The molecule has 1 aliphatic carbocycles. The zero-order chi connectivity index (χ0) is 20.1. The summed E-state index contributed by atoms with van der Waals surface area (Å²) in [4.78, 5) is 36.0. The van der Waals surface area contributed by atoms with E-state index in [1.54, 1.807) is 0 Å².